The monoisotopic (exact) mass is 1060 g/mol. The van der Waals surface area contributed by atoms with Gasteiger partial charge in [0.15, 0.2) is 22.3 Å². The van der Waals surface area contributed by atoms with Crippen LogP contribution in [0.4, 0.5) is 11.9 Å². The van der Waals surface area contributed by atoms with Crippen LogP contribution in [0.2, 0.25) is 0 Å². The van der Waals surface area contributed by atoms with Gasteiger partial charge in [-0.05, 0) is 71.1 Å². The van der Waals surface area contributed by atoms with E-state index in [-0.39, 0.29) is 112 Å². The first-order valence-corrected chi connectivity index (χ1v) is 27.2. The predicted molar refractivity (Wildman–Crippen MR) is 281 cm³/mol. The van der Waals surface area contributed by atoms with Gasteiger partial charge in [0, 0.05) is 55.5 Å². The maximum atomic E-state index is 12.7. The summed E-state index contributed by atoms with van der Waals surface area (Å²) in [7, 11) is -1.45. The lowest BCUT2D eigenvalue weighted by atomic mass is 9.97. The number of nitrogens with one attached hydrogen (secondary N) is 4. The van der Waals surface area contributed by atoms with Crippen LogP contribution < -0.4 is 21.8 Å². The van der Waals surface area contributed by atoms with Gasteiger partial charge in [-0.25, -0.2) is 14.6 Å². The first-order chi connectivity index (χ1) is 35.3. The van der Waals surface area contributed by atoms with Gasteiger partial charge in [0.1, 0.15) is 24.0 Å². The van der Waals surface area contributed by atoms with Crippen LogP contribution in [0.3, 0.4) is 0 Å². The zero-order valence-electron chi connectivity index (χ0n) is 45.6. The van der Waals surface area contributed by atoms with Crippen LogP contribution in [-0.2, 0) is 37.7 Å². The number of ether oxygens (including phenoxy) is 2. The minimum atomic E-state index is -1.45. The number of aliphatic hydroxyl groups excluding tert-OH is 1. The maximum Gasteiger partial charge on any atom is 0.280 e. The number of hydrogen-bond donors (Lipinski definition) is 5. The molecule has 5 N–H and O–H groups in total. The number of nitrogens with zero attached hydrogens (tertiary/aromatic N) is 8. The smallest absolute Gasteiger partial charge is 0.280 e. The molecular formula is C51H77N12O11P. The van der Waals surface area contributed by atoms with E-state index in [1.807, 2.05) is 13.8 Å². The summed E-state index contributed by atoms with van der Waals surface area (Å²) in [5.41, 5.74) is 0.134. The molecule has 0 aromatic carbocycles. The Hall–Kier alpha value is -5.34. The number of fused-ring (bicyclic) bond motifs is 2. The van der Waals surface area contributed by atoms with E-state index in [0.717, 1.165) is 25.7 Å². The molecule has 6 heterocycles. The van der Waals surface area contributed by atoms with Gasteiger partial charge in [0.05, 0.1) is 56.2 Å². The fraction of sp³-hybridized carbons (Fsp3) is 0.706. The van der Waals surface area contributed by atoms with Gasteiger partial charge in [-0.3, -0.25) is 53.7 Å². The Bertz CT molecular complexity index is 2820. The standard InChI is InChI=1S/C26H40N7O5P.C17H23N5O4.C8H14O2/c1-15(2)23(34)30-25-29-22-20(24(35)31-25)28-14-32(22)19-13-18(21(37-19)26(7)9-10-26)38-39(36-12-8-11-27)33(16(3)4)17(5)6;1-8(2)14(24)20-16-19-13-11(15(25)21-16)18-7-22(13)10-6-9(23)12(26-10)17(3)4-5-17;1-6(2)8(10)5-4-7(3)9/h14-19,21H,8-10,12-13H2,1-7H3,(H2,29,30,31,34,35);7-10,12,23H,4-6H2,1-3H3,(H2,19,20,21,24,25);6H,4-5H2,1-3H3/t18?,19-,21+,39?;9?,10-,12+;/m11./s1. The van der Waals surface area contributed by atoms with Crippen molar-refractivity contribution in [3.05, 3.63) is 33.4 Å². The Kier molecular flexibility index (Phi) is 19.5. The molecule has 4 fully saturated rings. The molecule has 7 atom stereocenters. The number of aliphatic hydroxyl groups is 1. The van der Waals surface area contributed by atoms with E-state index in [9.17, 15) is 33.9 Å². The second-order valence-electron chi connectivity index (χ2n) is 22.1. The molecule has 4 aromatic rings. The molecule has 4 aromatic heterocycles. The third-order valence-electron chi connectivity index (χ3n) is 13.9. The number of anilines is 2. The lowest BCUT2D eigenvalue weighted by molar-refractivity contribution is -0.125. The van der Waals surface area contributed by atoms with Crippen LogP contribution in [0.5, 0.6) is 0 Å². The van der Waals surface area contributed by atoms with Crippen LogP contribution in [0.1, 0.15) is 160 Å². The number of nitriles is 1. The summed E-state index contributed by atoms with van der Waals surface area (Å²) in [4.78, 5) is 92.8. The molecule has 2 aliphatic heterocycles. The lowest BCUT2D eigenvalue weighted by Gasteiger charge is -2.38. The van der Waals surface area contributed by atoms with E-state index in [1.165, 1.54) is 13.3 Å². The molecule has 2 aliphatic carbocycles. The SMILES string of the molecule is CC(=O)CCC(=O)C(C)C.CC(C)C(=O)Nc1nc2c(ncn2[C@H]2CC(O)[C@@H](C3(C)CC3)O2)c(=O)[nH]1.CC(C)C(=O)Nc1nc2c(ncn2[C@H]2CC(OP(OCCC#N)N(C(C)C)C(C)C)[C@@H](C3(C)CC3)O2)c(=O)[nH]1. The fourth-order valence-electron chi connectivity index (χ4n) is 8.85. The van der Waals surface area contributed by atoms with E-state index in [0.29, 0.717) is 43.6 Å². The number of imidazole rings is 2. The molecule has 0 radical (unpaired) electrons. The van der Waals surface area contributed by atoms with Crippen molar-refractivity contribution in [2.75, 3.05) is 17.2 Å². The van der Waals surface area contributed by atoms with Crippen LogP contribution >= 0.6 is 8.53 Å². The molecule has 2 saturated carbocycles. The van der Waals surface area contributed by atoms with Crippen molar-refractivity contribution in [1.29, 1.82) is 5.26 Å². The molecule has 4 aliphatic rings. The normalized spacial score (nSPS) is 22.8. The number of aromatic nitrogens is 8. The van der Waals surface area contributed by atoms with Crippen molar-refractivity contribution in [2.24, 2.45) is 28.6 Å². The van der Waals surface area contributed by atoms with Crippen LogP contribution in [-0.4, -0.2) is 115 Å². The number of aromatic amines is 2. The number of ketones is 2. The highest BCUT2D eigenvalue weighted by Gasteiger charge is 2.56. The van der Waals surface area contributed by atoms with Gasteiger partial charge in [-0.2, -0.15) is 15.2 Å². The van der Waals surface area contributed by atoms with E-state index in [4.69, 9.17) is 23.8 Å². The Labute approximate surface area is 438 Å². The lowest BCUT2D eigenvalue weighted by Crippen LogP contribution is -2.37. The van der Waals surface area contributed by atoms with Gasteiger partial charge in [0.25, 0.3) is 19.6 Å². The van der Waals surface area contributed by atoms with Gasteiger partial charge in [0.2, 0.25) is 23.7 Å². The second-order valence-corrected chi connectivity index (χ2v) is 23.6. The fourth-order valence-corrected chi connectivity index (χ4v) is 10.6. The molecule has 23 nitrogen and oxygen atoms in total. The van der Waals surface area contributed by atoms with Crippen molar-refractivity contribution in [3.8, 4) is 6.07 Å². The summed E-state index contributed by atoms with van der Waals surface area (Å²) in [6, 6.07) is 2.50. The highest BCUT2D eigenvalue weighted by molar-refractivity contribution is 7.44. The minimum absolute atomic E-state index is 0.0197. The molecule has 24 heteroatoms. The van der Waals surface area contributed by atoms with E-state index < -0.39 is 38.2 Å². The number of H-pyrrole nitrogens is 2. The summed E-state index contributed by atoms with van der Waals surface area (Å²) in [5, 5.41) is 24.7. The highest BCUT2D eigenvalue weighted by atomic mass is 31.2. The molecule has 75 heavy (non-hydrogen) atoms. The summed E-state index contributed by atoms with van der Waals surface area (Å²) < 4.78 is 31.2. The molecule has 412 valence electrons. The predicted octanol–water partition coefficient (Wildman–Crippen LogP) is 7.21. The summed E-state index contributed by atoms with van der Waals surface area (Å²) >= 11 is 0. The zero-order valence-corrected chi connectivity index (χ0v) is 46.5. The highest BCUT2D eigenvalue weighted by Crippen LogP contribution is 2.58. The number of amides is 2. The van der Waals surface area contributed by atoms with E-state index in [1.54, 1.807) is 43.2 Å². The number of carbonyl (C=O) groups excluding carboxylic acids is 4. The number of hydrogen-bond acceptors (Lipinski definition) is 17. The van der Waals surface area contributed by atoms with Gasteiger partial charge < -0.3 is 28.4 Å². The molecule has 8 rings (SSSR count). The van der Waals surface area contributed by atoms with Crippen LogP contribution in [0.25, 0.3) is 22.3 Å². The molecule has 3 unspecified atom stereocenters. The quantitative estimate of drug-likeness (QED) is 0.0431. The average Bonchev–Trinajstić information content (AvgIpc) is 3.90. The van der Waals surface area contributed by atoms with Crippen molar-refractivity contribution in [1.82, 2.24) is 43.7 Å². The Balaban J connectivity index is 0.000000217. The second kappa shape index (κ2) is 24.8. The maximum absolute atomic E-state index is 12.7. The van der Waals surface area contributed by atoms with Crippen molar-refractivity contribution in [3.63, 3.8) is 0 Å². The molecule has 2 amide bonds. The Morgan fingerprint density at radius 2 is 1.25 bits per heavy atom. The topological polar surface area (TPSA) is 304 Å². The largest absolute Gasteiger partial charge is 0.390 e. The van der Waals surface area contributed by atoms with Crippen molar-refractivity contribution < 1.29 is 42.8 Å². The summed E-state index contributed by atoms with van der Waals surface area (Å²) in [6.07, 6.45) is 7.05. The Morgan fingerprint density at radius 1 is 0.787 bits per heavy atom. The summed E-state index contributed by atoms with van der Waals surface area (Å²) in [6.45, 7) is 25.3. The molecule has 2 saturated heterocycles. The van der Waals surface area contributed by atoms with E-state index in [2.05, 4.69) is 92.8 Å². The number of rotatable bonds is 20. The van der Waals surface area contributed by atoms with Crippen molar-refractivity contribution >= 4 is 66.1 Å². The molecule has 0 bridgehead atoms. The molecular weight excluding hydrogens is 988 g/mol. The Morgan fingerprint density at radius 3 is 1.68 bits per heavy atom. The zero-order chi connectivity index (χ0) is 55.3. The molecule has 0 spiro atoms. The van der Waals surface area contributed by atoms with Crippen LogP contribution in [0.15, 0.2) is 22.2 Å². The minimum Gasteiger partial charge on any atom is -0.390 e. The van der Waals surface area contributed by atoms with Gasteiger partial charge in [-0.15, -0.1) is 0 Å². The van der Waals surface area contributed by atoms with Crippen LogP contribution in [0, 0.1) is 39.9 Å². The first-order valence-electron chi connectivity index (χ1n) is 26.1. The van der Waals surface area contributed by atoms with Crippen molar-refractivity contribution in [2.45, 2.75) is 197 Å². The third-order valence-corrected chi connectivity index (χ3v) is 16.1. The van der Waals surface area contributed by atoms with Gasteiger partial charge in [-0.1, -0.05) is 55.4 Å². The first kappa shape index (κ1) is 58.9. The average molecular weight is 1070 g/mol. The van der Waals surface area contributed by atoms with E-state index >= 15 is 0 Å². The van der Waals surface area contributed by atoms with Gasteiger partial charge >= 0.3 is 0 Å². The number of carbonyl (C=O) groups is 4. The third kappa shape index (κ3) is 14.6. The summed E-state index contributed by atoms with van der Waals surface area (Å²) in [5.74, 6) is -0.518. The number of Topliss-reactive ketones (excluding diaryl/α,β-unsaturated/α-hetero) is 2.